The van der Waals surface area contributed by atoms with Gasteiger partial charge in [-0.15, -0.1) is 0 Å². The van der Waals surface area contributed by atoms with Gasteiger partial charge in [-0.25, -0.2) is 0 Å². The van der Waals surface area contributed by atoms with Crippen LogP contribution in [0.5, 0.6) is 0 Å². The van der Waals surface area contributed by atoms with E-state index in [0.29, 0.717) is 0 Å². The van der Waals surface area contributed by atoms with Crippen molar-refractivity contribution in [1.29, 1.82) is 0 Å². The van der Waals surface area contributed by atoms with Crippen molar-refractivity contribution in [1.82, 2.24) is 0 Å². The van der Waals surface area contributed by atoms with Gasteiger partial charge < -0.3 is 0 Å². The van der Waals surface area contributed by atoms with Gasteiger partial charge in [0.15, 0.2) is 0 Å². The molecule has 0 spiro atoms. The average Bonchev–Trinajstić information content (AvgIpc) is 3.39. The molecule has 0 saturated carbocycles. The van der Waals surface area contributed by atoms with Crippen LogP contribution in [0.15, 0.2) is 278 Å². The number of benzene rings is 9. The van der Waals surface area contributed by atoms with Crippen LogP contribution in [-0.4, -0.2) is 25.0 Å². The molecule has 0 amide bonds. The maximum absolute atomic E-state index is 13.7. The Labute approximate surface area is 382 Å². The summed E-state index contributed by atoms with van der Waals surface area (Å²) in [5.74, 6) is 0. The van der Waals surface area contributed by atoms with Crippen molar-refractivity contribution in [3.05, 3.63) is 278 Å². The SMILES string of the molecule is O=N[O][Mo]([O][Si](c1ccccc1)(c1ccccc1)c1ccccc1)([O][Si](c1ccccc1)(c1ccccc1)c1ccccc1)[O][Si](c1ccccc1)(c1ccccc1)c1ccccc1. The first kappa shape index (κ1) is 42.9. The second-order valence-electron chi connectivity index (χ2n) is 15.1. The van der Waals surface area contributed by atoms with Crippen LogP contribution < -0.4 is 46.7 Å². The molecule has 0 aromatic heterocycles. The fraction of sp³-hybridized carbons (Fsp3) is 0. The van der Waals surface area contributed by atoms with Crippen LogP contribution in [0.25, 0.3) is 0 Å². The first-order chi connectivity index (χ1) is 31.6. The van der Waals surface area contributed by atoms with Gasteiger partial charge in [0.2, 0.25) is 0 Å². The molecule has 0 N–H and O–H groups in total. The first-order valence-corrected chi connectivity index (χ1v) is 30.1. The predicted molar refractivity (Wildman–Crippen MR) is 262 cm³/mol. The summed E-state index contributed by atoms with van der Waals surface area (Å²) in [6.45, 7) is 0. The molecule has 6 nitrogen and oxygen atoms in total. The third-order valence-electron chi connectivity index (χ3n) is 11.4. The van der Waals surface area contributed by atoms with Gasteiger partial charge in [0.05, 0.1) is 0 Å². The van der Waals surface area contributed by atoms with Gasteiger partial charge in [-0.2, -0.15) is 0 Å². The van der Waals surface area contributed by atoms with Gasteiger partial charge >= 0.3 is 385 Å². The molecule has 10 heteroatoms. The van der Waals surface area contributed by atoms with E-state index in [4.69, 9.17) is 12.7 Å². The summed E-state index contributed by atoms with van der Waals surface area (Å²) in [5.41, 5.74) is 0. The quantitative estimate of drug-likeness (QED) is 0.0449. The predicted octanol–water partition coefficient (Wildman–Crippen LogP) is 6.55. The standard InChI is InChI=1S/3C18H15OSi.Mo.HNO2/c3*19-20(16-10-4-1-5-11-16,17-12-6-2-7-13-17)18-14-8-3-9-15-18;;2-1-3/h3*1-15H;;(H,2,3)/q3*-1;+4;/p-1. The fourth-order valence-corrected chi connectivity index (χ4v) is 36.1. The molecule has 9 aromatic carbocycles. The fourth-order valence-electron chi connectivity index (χ4n) is 8.58. The molecule has 0 fully saturated rings. The number of hydrogen-bond donors (Lipinski definition) is 0. The zero-order valence-corrected chi connectivity index (χ0v) is 39.9. The van der Waals surface area contributed by atoms with Crippen LogP contribution >= 0.6 is 0 Å². The van der Waals surface area contributed by atoms with Crippen LogP contribution in [0.4, 0.5) is 0 Å². The van der Waals surface area contributed by atoms with E-state index in [9.17, 15) is 4.91 Å². The summed E-state index contributed by atoms with van der Waals surface area (Å²) in [6, 6.07) is 92.2. The van der Waals surface area contributed by atoms with E-state index in [1.807, 2.05) is 164 Å². The number of nitrogens with zero attached hydrogens (tertiary/aromatic N) is 1. The van der Waals surface area contributed by atoms with Crippen LogP contribution in [0, 0.1) is 4.91 Å². The zero-order valence-electron chi connectivity index (χ0n) is 34.9. The molecule has 0 aliphatic heterocycles. The van der Waals surface area contributed by atoms with Crippen molar-refractivity contribution in [2.45, 2.75) is 0 Å². The van der Waals surface area contributed by atoms with E-state index in [-0.39, 0.29) is 0 Å². The first-order valence-electron chi connectivity index (χ1n) is 21.1. The van der Waals surface area contributed by atoms with Crippen LogP contribution in [0.2, 0.25) is 0 Å². The van der Waals surface area contributed by atoms with E-state index in [1.54, 1.807) is 0 Å². The Morgan fingerprint density at radius 3 is 0.516 bits per heavy atom. The Morgan fingerprint density at radius 2 is 0.391 bits per heavy atom. The summed E-state index contributed by atoms with van der Waals surface area (Å²) in [4.78, 5) is 13.7. The molecule has 0 radical (unpaired) electrons. The molecular formula is C54H45MoNO5Si3. The molecule has 0 bridgehead atoms. The average molecular weight is 968 g/mol. The molecule has 0 atom stereocenters. The summed E-state index contributed by atoms with van der Waals surface area (Å²) in [7, 11) is -11.5. The van der Waals surface area contributed by atoms with Crippen LogP contribution in [-0.2, 0) is 30.3 Å². The molecule has 64 heavy (non-hydrogen) atoms. The number of hydrogen-bond acceptors (Lipinski definition) is 6. The summed E-state index contributed by atoms with van der Waals surface area (Å²) in [6.07, 6.45) is 0. The Morgan fingerprint density at radius 1 is 0.250 bits per heavy atom. The third-order valence-corrected chi connectivity index (χ3v) is 33.8. The van der Waals surface area contributed by atoms with E-state index in [1.165, 1.54) is 0 Å². The molecule has 0 heterocycles. The van der Waals surface area contributed by atoms with Crippen molar-refractivity contribution in [2.75, 3.05) is 0 Å². The minimum absolute atomic E-state index is 0.919. The molecular weight excluding hydrogens is 923 g/mol. The van der Waals surface area contributed by atoms with Gasteiger partial charge in [0.25, 0.3) is 0 Å². The van der Waals surface area contributed by atoms with E-state index in [2.05, 4.69) is 115 Å². The normalized spacial score (nSPS) is 12.2. The Bertz CT molecular complexity index is 2240. The van der Waals surface area contributed by atoms with E-state index < -0.39 is 42.5 Å². The summed E-state index contributed by atoms with van der Waals surface area (Å²) < 4.78 is 31.6. The van der Waals surface area contributed by atoms with Gasteiger partial charge in [0.1, 0.15) is 0 Å². The van der Waals surface area contributed by atoms with Crippen molar-refractivity contribution < 1.29 is 30.3 Å². The molecule has 9 rings (SSSR count). The molecule has 0 saturated heterocycles. The Kier molecular flexibility index (Phi) is 13.1. The second-order valence-corrected chi connectivity index (χ2v) is 31.0. The third kappa shape index (κ3) is 8.27. The molecule has 9 aromatic rings. The monoisotopic (exact) mass is 969 g/mol. The summed E-state index contributed by atoms with van der Waals surface area (Å²) >= 11 is -6.06. The van der Waals surface area contributed by atoms with E-state index in [0.717, 1.165) is 46.7 Å². The van der Waals surface area contributed by atoms with Gasteiger partial charge in [-0.1, -0.05) is 0 Å². The van der Waals surface area contributed by atoms with Crippen molar-refractivity contribution in [3.63, 3.8) is 0 Å². The van der Waals surface area contributed by atoms with Gasteiger partial charge in [0, 0.05) is 0 Å². The number of rotatable bonds is 17. The topological polar surface area (TPSA) is 66.4 Å². The minimum atomic E-state index is -6.06. The molecule has 314 valence electrons. The van der Waals surface area contributed by atoms with Gasteiger partial charge in [-0.3, -0.25) is 0 Å². The van der Waals surface area contributed by atoms with Crippen molar-refractivity contribution >= 4 is 71.6 Å². The van der Waals surface area contributed by atoms with Crippen LogP contribution in [0.1, 0.15) is 0 Å². The van der Waals surface area contributed by atoms with Crippen molar-refractivity contribution in [2.24, 2.45) is 5.34 Å². The summed E-state index contributed by atoms with van der Waals surface area (Å²) in [5, 5.41) is 11.7. The Balaban J connectivity index is 1.46. The van der Waals surface area contributed by atoms with E-state index >= 15 is 0 Å². The molecule has 0 aliphatic rings. The molecule has 0 aliphatic carbocycles. The Hall–Kier alpha value is -6.40. The molecule has 0 unspecified atom stereocenters. The van der Waals surface area contributed by atoms with Gasteiger partial charge in [-0.05, 0) is 0 Å². The van der Waals surface area contributed by atoms with Crippen molar-refractivity contribution in [3.8, 4) is 0 Å². The second kappa shape index (κ2) is 19.6. The maximum atomic E-state index is 13.7. The van der Waals surface area contributed by atoms with Crippen LogP contribution in [0.3, 0.4) is 0 Å². The zero-order chi connectivity index (χ0) is 43.6.